The number of alkyl halides is 3. The third kappa shape index (κ3) is 4.01. The number of anilines is 1. The number of hydrogen-bond acceptors (Lipinski definition) is 5. The number of amides is 1. The molecule has 27 heavy (non-hydrogen) atoms. The third-order valence-electron chi connectivity index (χ3n) is 3.65. The molecule has 3 rings (SSSR count). The predicted molar refractivity (Wildman–Crippen MR) is 100 cm³/mol. The predicted octanol–water partition coefficient (Wildman–Crippen LogP) is 5.02. The Morgan fingerprint density at radius 2 is 1.67 bits per heavy atom. The SMILES string of the molecule is O=C1C(=Cc2ccc(C(F)(F)F)cc2)SC(=S)N1c1ccc([N+](=O)[O-])cc1. The Balaban J connectivity index is 1.85. The van der Waals surface area contributed by atoms with Crippen LogP contribution in [0.3, 0.4) is 0 Å². The first-order valence-electron chi connectivity index (χ1n) is 7.36. The van der Waals surface area contributed by atoms with Crippen molar-refractivity contribution in [1.29, 1.82) is 0 Å². The van der Waals surface area contributed by atoms with Gasteiger partial charge < -0.3 is 0 Å². The number of nitro groups is 1. The lowest BCUT2D eigenvalue weighted by Crippen LogP contribution is -2.27. The summed E-state index contributed by atoms with van der Waals surface area (Å²) in [6, 6.07) is 9.73. The molecule has 10 heteroatoms. The van der Waals surface area contributed by atoms with Crippen molar-refractivity contribution in [2.75, 3.05) is 4.90 Å². The highest BCUT2D eigenvalue weighted by molar-refractivity contribution is 8.27. The van der Waals surface area contributed by atoms with E-state index < -0.39 is 22.6 Å². The van der Waals surface area contributed by atoms with E-state index in [0.717, 1.165) is 23.9 Å². The van der Waals surface area contributed by atoms with Crippen LogP contribution < -0.4 is 4.90 Å². The molecule has 5 nitrogen and oxygen atoms in total. The molecule has 138 valence electrons. The molecule has 1 aliphatic heterocycles. The molecule has 1 fully saturated rings. The second-order valence-corrected chi connectivity index (χ2v) is 7.09. The average Bonchev–Trinajstić information content (AvgIpc) is 2.88. The first-order valence-corrected chi connectivity index (χ1v) is 8.59. The smallest absolute Gasteiger partial charge is 0.268 e. The Kier molecular flexibility index (Phi) is 5.03. The van der Waals surface area contributed by atoms with Gasteiger partial charge in [0.15, 0.2) is 4.32 Å². The molecule has 0 saturated carbocycles. The van der Waals surface area contributed by atoms with E-state index in [1.54, 1.807) is 0 Å². The van der Waals surface area contributed by atoms with Crippen LogP contribution in [0.5, 0.6) is 0 Å². The van der Waals surface area contributed by atoms with Crippen molar-refractivity contribution >= 4 is 51.7 Å². The molecule has 1 amide bonds. The number of rotatable bonds is 3. The molecule has 0 spiro atoms. The topological polar surface area (TPSA) is 63.5 Å². The molecule has 0 aliphatic carbocycles. The van der Waals surface area contributed by atoms with Gasteiger partial charge in [-0.25, -0.2) is 0 Å². The molecular formula is C17H9F3N2O3S2. The van der Waals surface area contributed by atoms with Gasteiger partial charge in [0.2, 0.25) is 0 Å². The molecule has 1 saturated heterocycles. The minimum atomic E-state index is -4.43. The normalized spacial score (nSPS) is 16.3. The summed E-state index contributed by atoms with van der Waals surface area (Å²) in [7, 11) is 0. The third-order valence-corrected chi connectivity index (χ3v) is 4.95. The van der Waals surface area contributed by atoms with Crippen molar-refractivity contribution in [2.45, 2.75) is 6.18 Å². The van der Waals surface area contributed by atoms with Crippen molar-refractivity contribution in [3.63, 3.8) is 0 Å². The fourth-order valence-electron chi connectivity index (χ4n) is 2.33. The highest BCUT2D eigenvalue weighted by atomic mass is 32.2. The number of carbonyl (C=O) groups excluding carboxylic acids is 1. The number of carbonyl (C=O) groups is 1. The largest absolute Gasteiger partial charge is 0.416 e. The van der Waals surface area contributed by atoms with Gasteiger partial charge in [0.05, 0.1) is 21.1 Å². The van der Waals surface area contributed by atoms with E-state index in [1.165, 1.54) is 47.4 Å². The van der Waals surface area contributed by atoms with Gasteiger partial charge in [-0.3, -0.25) is 19.8 Å². The van der Waals surface area contributed by atoms with Gasteiger partial charge in [0.1, 0.15) is 0 Å². The Morgan fingerprint density at radius 1 is 1.07 bits per heavy atom. The van der Waals surface area contributed by atoms with Crippen LogP contribution in [0.15, 0.2) is 53.4 Å². The van der Waals surface area contributed by atoms with Crippen molar-refractivity contribution in [1.82, 2.24) is 0 Å². The van der Waals surface area contributed by atoms with E-state index in [1.807, 2.05) is 0 Å². The van der Waals surface area contributed by atoms with Crippen molar-refractivity contribution < 1.29 is 22.9 Å². The number of halogens is 3. The maximum absolute atomic E-state index is 12.6. The molecule has 0 aromatic heterocycles. The number of non-ortho nitro benzene ring substituents is 1. The second-order valence-electron chi connectivity index (χ2n) is 5.41. The Morgan fingerprint density at radius 3 is 2.19 bits per heavy atom. The lowest BCUT2D eigenvalue weighted by atomic mass is 10.1. The zero-order valence-electron chi connectivity index (χ0n) is 13.3. The van der Waals surface area contributed by atoms with Crippen LogP contribution >= 0.6 is 24.0 Å². The minimum Gasteiger partial charge on any atom is -0.268 e. The van der Waals surface area contributed by atoms with Crippen molar-refractivity contribution in [3.8, 4) is 0 Å². The minimum absolute atomic E-state index is 0.121. The number of benzene rings is 2. The maximum atomic E-state index is 12.6. The van der Waals surface area contributed by atoms with Crippen LogP contribution in [0.25, 0.3) is 6.08 Å². The highest BCUT2D eigenvalue weighted by Gasteiger charge is 2.34. The number of nitro benzene ring substituents is 1. The molecular weight excluding hydrogens is 401 g/mol. The van der Waals surface area contributed by atoms with Gasteiger partial charge in [-0.2, -0.15) is 13.2 Å². The van der Waals surface area contributed by atoms with E-state index in [-0.39, 0.29) is 14.9 Å². The monoisotopic (exact) mass is 410 g/mol. The molecule has 0 radical (unpaired) electrons. The lowest BCUT2D eigenvalue weighted by molar-refractivity contribution is -0.384. The molecule has 0 bridgehead atoms. The number of nitrogens with zero attached hydrogens (tertiary/aromatic N) is 2. The summed E-state index contributed by atoms with van der Waals surface area (Å²) in [6.07, 6.45) is -2.98. The van der Waals surface area contributed by atoms with Crippen LogP contribution in [0, 0.1) is 10.1 Å². The summed E-state index contributed by atoms with van der Waals surface area (Å²) in [4.78, 5) is 24.2. The van der Waals surface area contributed by atoms with Crippen molar-refractivity contribution in [3.05, 3.63) is 74.7 Å². The molecule has 2 aromatic rings. The first kappa shape index (κ1) is 19.1. The fraction of sp³-hybridized carbons (Fsp3) is 0.0588. The summed E-state index contributed by atoms with van der Waals surface area (Å²) >= 11 is 6.20. The summed E-state index contributed by atoms with van der Waals surface area (Å²) in [5, 5.41) is 10.7. The molecule has 0 atom stereocenters. The van der Waals surface area contributed by atoms with Crippen LogP contribution in [-0.4, -0.2) is 15.2 Å². The molecule has 0 N–H and O–H groups in total. The van der Waals surface area contributed by atoms with E-state index in [4.69, 9.17) is 12.2 Å². The van der Waals surface area contributed by atoms with Gasteiger partial charge in [0, 0.05) is 12.1 Å². The van der Waals surface area contributed by atoms with Crippen LogP contribution in [0.1, 0.15) is 11.1 Å². The summed E-state index contributed by atoms with van der Waals surface area (Å²) in [6.45, 7) is 0. The van der Waals surface area contributed by atoms with Gasteiger partial charge in [-0.1, -0.05) is 36.1 Å². The Bertz CT molecular complexity index is 955. The molecule has 1 heterocycles. The number of hydrogen-bond donors (Lipinski definition) is 0. The lowest BCUT2D eigenvalue weighted by Gasteiger charge is -2.13. The van der Waals surface area contributed by atoms with Crippen LogP contribution in [0.2, 0.25) is 0 Å². The fourth-order valence-corrected chi connectivity index (χ4v) is 3.63. The van der Waals surface area contributed by atoms with Gasteiger partial charge in [0.25, 0.3) is 11.6 Å². The number of thioether (sulfide) groups is 1. The van der Waals surface area contributed by atoms with E-state index in [9.17, 15) is 28.1 Å². The highest BCUT2D eigenvalue weighted by Crippen LogP contribution is 2.37. The number of thiocarbonyl (C=S) groups is 1. The maximum Gasteiger partial charge on any atom is 0.416 e. The summed E-state index contributed by atoms with van der Waals surface area (Å²) < 4.78 is 38.1. The Labute approximate surface area is 160 Å². The summed E-state index contributed by atoms with van der Waals surface area (Å²) in [5.41, 5.74) is -0.103. The average molecular weight is 410 g/mol. The van der Waals surface area contributed by atoms with Crippen LogP contribution in [0.4, 0.5) is 24.5 Å². The zero-order chi connectivity index (χ0) is 19.8. The van der Waals surface area contributed by atoms with Gasteiger partial charge in [-0.05, 0) is 35.9 Å². The van der Waals surface area contributed by atoms with E-state index in [0.29, 0.717) is 11.3 Å². The van der Waals surface area contributed by atoms with Crippen LogP contribution in [-0.2, 0) is 11.0 Å². The molecule has 2 aromatic carbocycles. The van der Waals surface area contributed by atoms with E-state index in [2.05, 4.69) is 0 Å². The first-order chi connectivity index (χ1) is 12.7. The van der Waals surface area contributed by atoms with E-state index >= 15 is 0 Å². The van der Waals surface area contributed by atoms with Crippen molar-refractivity contribution in [2.24, 2.45) is 0 Å². The molecule has 0 unspecified atom stereocenters. The summed E-state index contributed by atoms with van der Waals surface area (Å²) in [5.74, 6) is -0.446. The quantitative estimate of drug-likeness (QED) is 0.308. The molecule has 1 aliphatic rings. The second kappa shape index (κ2) is 7.12. The zero-order valence-corrected chi connectivity index (χ0v) is 14.9. The van der Waals surface area contributed by atoms with Gasteiger partial charge >= 0.3 is 6.18 Å². The standard InChI is InChI=1S/C17H9F3N2O3S2/c18-17(19,20)11-3-1-10(2-4-11)9-14-15(23)21(16(26)27-14)12-5-7-13(8-6-12)22(24)25/h1-9H. The Hall–Kier alpha value is -2.72. The van der Waals surface area contributed by atoms with Gasteiger partial charge in [-0.15, -0.1) is 0 Å².